The summed E-state index contributed by atoms with van der Waals surface area (Å²) in [4.78, 5) is 4.24. The molecule has 1 unspecified atom stereocenters. The maximum Gasteiger partial charge on any atom is 0.126 e. The predicted octanol–water partition coefficient (Wildman–Crippen LogP) is 3.84. The van der Waals surface area contributed by atoms with Crippen LogP contribution in [0.3, 0.4) is 0 Å². The monoisotopic (exact) mass is 344 g/mol. The van der Waals surface area contributed by atoms with Gasteiger partial charge in [-0.1, -0.05) is 12.8 Å². The summed E-state index contributed by atoms with van der Waals surface area (Å²) in [5.74, 6) is -1.18. The molecular formula is C13H11BrF2N2S. The first kappa shape index (κ1) is 14.4. The Hall–Kier alpha value is -0.980. The molecule has 2 nitrogen and oxygen atoms in total. The third-order valence-corrected chi connectivity index (χ3v) is 3.62. The van der Waals surface area contributed by atoms with Crippen LogP contribution in [0.2, 0.25) is 0 Å². The van der Waals surface area contributed by atoms with E-state index in [4.69, 9.17) is 0 Å². The molecule has 19 heavy (non-hydrogen) atoms. The molecule has 2 aromatic rings. The summed E-state index contributed by atoms with van der Waals surface area (Å²) >= 11 is 7.45. The van der Waals surface area contributed by atoms with Gasteiger partial charge in [0.05, 0.1) is 11.7 Å². The lowest BCUT2D eigenvalue weighted by Gasteiger charge is -2.16. The van der Waals surface area contributed by atoms with Crippen molar-refractivity contribution in [1.82, 2.24) is 9.71 Å². The molecule has 1 aromatic heterocycles. The Labute approximate surface area is 123 Å². The third-order valence-electron chi connectivity index (χ3n) is 2.64. The van der Waals surface area contributed by atoms with E-state index in [0.717, 1.165) is 16.2 Å². The largest absolute Gasteiger partial charge is 0.258 e. The van der Waals surface area contributed by atoms with Gasteiger partial charge in [0, 0.05) is 16.7 Å². The minimum atomic E-state index is -0.590. The lowest BCUT2D eigenvalue weighted by atomic mass is 10.0. The lowest BCUT2D eigenvalue weighted by Crippen LogP contribution is -2.16. The summed E-state index contributed by atoms with van der Waals surface area (Å²) in [6.07, 6.45) is 2.04. The molecule has 0 saturated carbocycles. The van der Waals surface area contributed by atoms with E-state index in [1.165, 1.54) is 12.1 Å². The van der Waals surface area contributed by atoms with Crippen molar-refractivity contribution < 1.29 is 8.78 Å². The fourth-order valence-corrected chi connectivity index (χ4v) is 2.57. The zero-order valence-corrected chi connectivity index (χ0v) is 12.3. The van der Waals surface area contributed by atoms with Crippen molar-refractivity contribution in [2.24, 2.45) is 0 Å². The van der Waals surface area contributed by atoms with Crippen molar-refractivity contribution in [3.05, 3.63) is 63.9 Å². The van der Waals surface area contributed by atoms with Crippen molar-refractivity contribution in [2.75, 3.05) is 0 Å². The minimum absolute atomic E-state index is 0.250. The molecule has 1 aromatic carbocycles. The molecular weight excluding hydrogens is 334 g/mol. The van der Waals surface area contributed by atoms with Crippen LogP contribution >= 0.6 is 28.7 Å². The number of pyridine rings is 1. The number of halogens is 3. The highest BCUT2D eigenvalue weighted by Gasteiger charge is 2.15. The Morgan fingerprint density at radius 2 is 1.95 bits per heavy atom. The number of hydrogen-bond acceptors (Lipinski definition) is 3. The Balaban J connectivity index is 2.26. The normalized spacial score (nSPS) is 12.4. The molecule has 1 atom stereocenters. The number of nitrogens with zero attached hydrogens (tertiary/aromatic N) is 1. The van der Waals surface area contributed by atoms with Crippen molar-refractivity contribution in [1.29, 1.82) is 0 Å². The summed E-state index contributed by atoms with van der Waals surface area (Å²) in [7, 11) is 0. The second-order valence-corrected chi connectivity index (χ2v) is 5.15. The van der Waals surface area contributed by atoms with Crippen molar-refractivity contribution in [3.63, 3.8) is 0 Å². The number of nitrogens with one attached hydrogen (secondary N) is 1. The number of benzene rings is 1. The molecule has 100 valence electrons. The van der Waals surface area contributed by atoms with Crippen LogP contribution in [0.5, 0.6) is 0 Å². The van der Waals surface area contributed by atoms with Crippen LogP contribution in [0.25, 0.3) is 0 Å². The zero-order valence-electron chi connectivity index (χ0n) is 9.78. The molecule has 6 heteroatoms. The highest BCUT2D eigenvalue weighted by atomic mass is 79.9. The zero-order chi connectivity index (χ0) is 13.8. The van der Waals surface area contributed by atoms with Crippen LogP contribution in [-0.4, -0.2) is 4.98 Å². The van der Waals surface area contributed by atoms with Gasteiger partial charge in [0.15, 0.2) is 0 Å². The van der Waals surface area contributed by atoms with Crippen LogP contribution in [0, 0.1) is 11.6 Å². The van der Waals surface area contributed by atoms with E-state index >= 15 is 0 Å². The Bertz CT molecular complexity index is 560. The second kappa shape index (κ2) is 6.45. The van der Waals surface area contributed by atoms with Gasteiger partial charge in [-0.05, 0) is 52.2 Å². The van der Waals surface area contributed by atoms with E-state index in [2.05, 4.69) is 38.5 Å². The fourth-order valence-electron chi connectivity index (χ4n) is 1.82. The second-order valence-electron chi connectivity index (χ2n) is 4.03. The SMILES string of the molecule is Fc1cc(F)cc(CC(NS)c2ncccc2Br)c1. The summed E-state index contributed by atoms with van der Waals surface area (Å²) in [6.45, 7) is 0. The average Bonchev–Trinajstić information content (AvgIpc) is 2.36. The molecule has 1 N–H and O–H groups in total. The third kappa shape index (κ3) is 3.75. The standard InChI is InChI=1S/C13H11BrF2N2S/c14-11-2-1-3-17-13(11)12(18-19)6-8-4-9(15)7-10(16)5-8/h1-5,7,12,18-19H,6H2. The number of rotatable bonds is 4. The molecule has 0 fully saturated rings. The van der Waals surface area contributed by atoms with E-state index in [9.17, 15) is 8.78 Å². The molecule has 0 aliphatic carbocycles. The first-order valence-electron chi connectivity index (χ1n) is 5.55. The fraction of sp³-hybridized carbons (Fsp3) is 0.154. The quantitative estimate of drug-likeness (QED) is 0.823. The molecule has 2 rings (SSSR count). The van der Waals surface area contributed by atoms with Gasteiger partial charge in [-0.2, -0.15) is 0 Å². The van der Waals surface area contributed by atoms with Crippen molar-refractivity contribution >= 4 is 28.7 Å². The van der Waals surface area contributed by atoms with E-state index in [1.54, 1.807) is 12.3 Å². The Morgan fingerprint density at radius 3 is 2.53 bits per heavy atom. The lowest BCUT2D eigenvalue weighted by molar-refractivity contribution is 0.573. The summed E-state index contributed by atoms with van der Waals surface area (Å²) in [5, 5.41) is 0. The van der Waals surface area contributed by atoms with Gasteiger partial charge in [0.1, 0.15) is 11.6 Å². The van der Waals surface area contributed by atoms with Crippen LogP contribution in [0.15, 0.2) is 41.0 Å². The minimum Gasteiger partial charge on any atom is -0.258 e. The van der Waals surface area contributed by atoms with Crippen LogP contribution in [-0.2, 0) is 6.42 Å². The maximum atomic E-state index is 13.2. The summed E-state index contributed by atoms with van der Waals surface area (Å²) in [6, 6.07) is 6.86. The van der Waals surface area contributed by atoms with Gasteiger partial charge in [0.25, 0.3) is 0 Å². The van der Waals surface area contributed by atoms with Gasteiger partial charge in [-0.15, -0.1) is 0 Å². The highest BCUT2D eigenvalue weighted by molar-refractivity contribution is 9.10. The Kier molecular flexibility index (Phi) is 4.90. The molecule has 1 heterocycles. The number of hydrogen-bond donors (Lipinski definition) is 2. The smallest absolute Gasteiger partial charge is 0.126 e. The van der Waals surface area contributed by atoms with Crippen LogP contribution < -0.4 is 4.72 Å². The predicted molar refractivity (Wildman–Crippen MR) is 76.9 cm³/mol. The van der Waals surface area contributed by atoms with Gasteiger partial charge in [-0.25, -0.2) is 8.78 Å². The van der Waals surface area contributed by atoms with Gasteiger partial charge >= 0.3 is 0 Å². The van der Waals surface area contributed by atoms with E-state index in [0.29, 0.717) is 12.0 Å². The van der Waals surface area contributed by atoms with Gasteiger partial charge in [0.2, 0.25) is 0 Å². The summed E-state index contributed by atoms with van der Waals surface area (Å²) in [5.41, 5.74) is 1.28. The maximum absolute atomic E-state index is 13.2. The molecule has 0 amide bonds. The number of aromatic nitrogens is 1. The molecule has 0 aliphatic heterocycles. The summed E-state index contributed by atoms with van der Waals surface area (Å²) < 4.78 is 29.9. The van der Waals surface area contributed by atoms with Crippen LogP contribution in [0.4, 0.5) is 8.78 Å². The van der Waals surface area contributed by atoms with Gasteiger partial charge < -0.3 is 0 Å². The van der Waals surface area contributed by atoms with Gasteiger partial charge in [-0.3, -0.25) is 9.71 Å². The number of thiol groups is 1. The molecule has 0 radical (unpaired) electrons. The van der Waals surface area contributed by atoms with Crippen molar-refractivity contribution in [2.45, 2.75) is 12.5 Å². The van der Waals surface area contributed by atoms with Crippen LogP contribution in [0.1, 0.15) is 17.3 Å². The topological polar surface area (TPSA) is 24.9 Å². The van der Waals surface area contributed by atoms with E-state index < -0.39 is 11.6 Å². The molecule has 0 saturated heterocycles. The van der Waals surface area contributed by atoms with E-state index in [-0.39, 0.29) is 6.04 Å². The first-order valence-corrected chi connectivity index (χ1v) is 6.79. The van der Waals surface area contributed by atoms with E-state index in [1.807, 2.05) is 6.07 Å². The Morgan fingerprint density at radius 1 is 1.26 bits per heavy atom. The molecule has 0 spiro atoms. The van der Waals surface area contributed by atoms with Crippen molar-refractivity contribution in [3.8, 4) is 0 Å². The average molecular weight is 345 g/mol. The molecule has 0 aliphatic rings. The molecule has 0 bridgehead atoms. The first-order chi connectivity index (χ1) is 9.10. The highest BCUT2D eigenvalue weighted by Crippen LogP contribution is 2.25.